The van der Waals surface area contributed by atoms with Crippen LogP contribution in [-0.4, -0.2) is 33.2 Å². The lowest BCUT2D eigenvalue weighted by Gasteiger charge is -2.08. The fourth-order valence-corrected chi connectivity index (χ4v) is 2.78. The number of ether oxygens (including phenoxy) is 1. The van der Waals surface area contributed by atoms with Crippen LogP contribution in [0.2, 0.25) is 0 Å². The van der Waals surface area contributed by atoms with Gasteiger partial charge in [-0.25, -0.2) is 9.48 Å². The summed E-state index contributed by atoms with van der Waals surface area (Å²) in [5.74, 6) is -1.36. The zero-order chi connectivity index (χ0) is 21.0. The number of anilines is 1. The van der Waals surface area contributed by atoms with Crippen molar-refractivity contribution in [3.05, 3.63) is 81.7 Å². The van der Waals surface area contributed by atoms with Crippen molar-refractivity contribution in [3.63, 3.8) is 0 Å². The lowest BCUT2D eigenvalue weighted by molar-refractivity contribution is -0.384. The smallest absolute Gasteiger partial charge is 0.338 e. The summed E-state index contributed by atoms with van der Waals surface area (Å²) in [4.78, 5) is 34.5. The number of hydrogen-bond donors (Lipinski definition) is 1. The molecule has 0 saturated carbocycles. The van der Waals surface area contributed by atoms with Gasteiger partial charge in [-0.2, -0.15) is 5.10 Å². The second-order valence-electron chi connectivity index (χ2n) is 6.22. The van der Waals surface area contributed by atoms with E-state index in [4.69, 9.17) is 4.74 Å². The summed E-state index contributed by atoms with van der Waals surface area (Å²) < 4.78 is 6.68. The highest BCUT2D eigenvalue weighted by Gasteiger charge is 2.17. The zero-order valence-electron chi connectivity index (χ0n) is 15.8. The molecule has 0 fully saturated rings. The summed E-state index contributed by atoms with van der Waals surface area (Å²) in [7, 11) is 0. The SMILES string of the molecule is Cc1nn(-c2ccccc2)c(C)c1NC(=O)COC(=O)c1cccc([N+](=O)[O-])c1. The number of para-hydroxylation sites is 1. The molecule has 1 heterocycles. The lowest BCUT2D eigenvalue weighted by atomic mass is 10.2. The van der Waals surface area contributed by atoms with Crippen LogP contribution in [0.25, 0.3) is 5.69 Å². The van der Waals surface area contributed by atoms with E-state index in [1.165, 1.54) is 18.2 Å². The van der Waals surface area contributed by atoms with E-state index in [0.717, 1.165) is 17.4 Å². The van der Waals surface area contributed by atoms with E-state index in [1.807, 2.05) is 37.3 Å². The largest absolute Gasteiger partial charge is 0.452 e. The average molecular weight is 394 g/mol. The van der Waals surface area contributed by atoms with Crippen LogP contribution in [-0.2, 0) is 9.53 Å². The van der Waals surface area contributed by atoms with E-state index in [-0.39, 0.29) is 11.3 Å². The standard InChI is InChI=1S/C20H18N4O5/c1-13-19(14(2)23(22-13)16-8-4-3-5-9-16)21-18(25)12-29-20(26)15-7-6-10-17(11-15)24(27)28/h3-11H,12H2,1-2H3,(H,21,25). The molecule has 0 spiro atoms. The molecule has 1 aromatic heterocycles. The molecule has 9 heteroatoms. The van der Waals surface area contributed by atoms with Gasteiger partial charge in [0.1, 0.15) is 0 Å². The van der Waals surface area contributed by atoms with Crippen LogP contribution in [0.4, 0.5) is 11.4 Å². The van der Waals surface area contributed by atoms with Gasteiger partial charge in [0.2, 0.25) is 0 Å². The first-order valence-electron chi connectivity index (χ1n) is 8.70. The van der Waals surface area contributed by atoms with E-state index < -0.39 is 23.4 Å². The molecule has 0 aliphatic rings. The molecule has 0 unspecified atom stereocenters. The van der Waals surface area contributed by atoms with Crippen LogP contribution in [0.5, 0.6) is 0 Å². The predicted molar refractivity (Wildman–Crippen MR) is 105 cm³/mol. The number of nitro benzene ring substituents is 1. The Morgan fingerprint density at radius 1 is 1.14 bits per heavy atom. The molecule has 2 aromatic carbocycles. The monoisotopic (exact) mass is 394 g/mol. The number of aromatic nitrogens is 2. The van der Waals surface area contributed by atoms with Crippen molar-refractivity contribution in [1.82, 2.24) is 9.78 Å². The van der Waals surface area contributed by atoms with Gasteiger partial charge >= 0.3 is 5.97 Å². The number of esters is 1. The van der Waals surface area contributed by atoms with Crippen molar-refractivity contribution in [2.24, 2.45) is 0 Å². The van der Waals surface area contributed by atoms with Gasteiger partial charge in [0.25, 0.3) is 11.6 Å². The average Bonchev–Trinajstić information content (AvgIpc) is 3.01. The van der Waals surface area contributed by atoms with Gasteiger partial charge in [-0.15, -0.1) is 0 Å². The molecule has 3 aromatic rings. The molecule has 3 rings (SSSR count). The number of amides is 1. The Morgan fingerprint density at radius 2 is 1.86 bits per heavy atom. The van der Waals surface area contributed by atoms with Gasteiger partial charge in [0.15, 0.2) is 6.61 Å². The summed E-state index contributed by atoms with van der Waals surface area (Å²) in [5.41, 5.74) is 2.49. The maximum atomic E-state index is 12.2. The van der Waals surface area contributed by atoms with Crippen LogP contribution >= 0.6 is 0 Å². The maximum absolute atomic E-state index is 12.2. The van der Waals surface area contributed by atoms with Gasteiger partial charge < -0.3 is 10.1 Å². The Bertz CT molecular complexity index is 1080. The Morgan fingerprint density at radius 3 is 2.55 bits per heavy atom. The van der Waals surface area contributed by atoms with Crippen molar-refractivity contribution < 1.29 is 19.2 Å². The quantitative estimate of drug-likeness (QED) is 0.390. The number of nitro groups is 1. The lowest BCUT2D eigenvalue weighted by Crippen LogP contribution is -2.21. The number of nitrogens with one attached hydrogen (secondary N) is 1. The molecular weight excluding hydrogens is 376 g/mol. The molecule has 0 atom stereocenters. The van der Waals surface area contributed by atoms with Gasteiger partial charge in [-0.05, 0) is 32.0 Å². The summed E-state index contributed by atoms with van der Waals surface area (Å²) >= 11 is 0. The molecule has 0 bridgehead atoms. The van der Waals surface area contributed by atoms with Crippen molar-refractivity contribution in [3.8, 4) is 5.69 Å². The topological polar surface area (TPSA) is 116 Å². The molecule has 9 nitrogen and oxygen atoms in total. The first kappa shape index (κ1) is 19.7. The van der Waals surface area contributed by atoms with Crippen molar-refractivity contribution in [2.75, 3.05) is 11.9 Å². The third-order valence-corrected chi connectivity index (χ3v) is 4.18. The van der Waals surface area contributed by atoms with Crippen LogP contribution in [0, 0.1) is 24.0 Å². The molecule has 0 aliphatic heterocycles. The van der Waals surface area contributed by atoms with Crippen LogP contribution in [0.1, 0.15) is 21.7 Å². The normalized spacial score (nSPS) is 10.4. The van der Waals surface area contributed by atoms with Gasteiger partial charge in [0, 0.05) is 12.1 Å². The van der Waals surface area contributed by atoms with Crippen LogP contribution in [0.3, 0.4) is 0 Å². The number of aryl methyl sites for hydroxylation is 1. The van der Waals surface area contributed by atoms with E-state index in [1.54, 1.807) is 11.6 Å². The predicted octanol–water partition coefficient (Wildman–Crippen LogP) is 3.19. The Labute approximate surface area is 166 Å². The third-order valence-electron chi connectivity index (χ3n) is 4.18. The first-order chi connectivity index (χ1) is 13.9. The number of rotatable bonds is 6. The van der Waals surface area contributed by atoms with Crippen LogP contribution < -0.4 is 5.32 Å². The number of carbonyl (C=O) groups is 2. The first-order valence-corrected chi connectivity index (χ1v) is 8.70. The summed E-state index contributed by atoms with van der Waals surface area (Å²) in [6, 6.07) is 14.6. The number of benzene rings is 2. The minimum atomic E-state index is -0.822. The molecule has 1 amide bonds. The molecule has 29 heavy (non-hydrogen) atoms. The fourth-order valence-electron chi connectivity index (χ4n) is 2.78. The van der Waals surface area contributed by atoms with Crippen molar-refractivity contribution in [2.45, 2.75) is 13.8 Å². The van der Waals surface area contributed by atoms with Crippen molar-refractivity contribution in [1.29, 1.82) is 0 Å². The summed E-state index contributed by atoms with van der Waals surface area (Å²) in [5, 5.41) is 17.9. The minimum absolute atomic E-state index is 0.00346. The molecule has 148 valence electrons. The van der Waals surface area contributed by atoms with E-state index in [9.17, 15) is 19.7 Å². The fraction of sp³-hybridized carbons (Fsp3) is 0.150. The third kappa shape index (κ3) is 4.46. The Balaban J connectivity index is 1.66. The van der Waals surface area contributed by atoms with Crippen LogP contribution in [0.15, 0.2) is 54.6 Å². The zero-order valence-corrected chi connectivity index (χ0v) is 15.8. The molecule has 0 saturated heterocycles. The Kier molecular flexibility index (Phi) is 5.68. The highest BCUT2D eigenvalue weighted by atomic mass is 16.6. The highest BCUT2D eigenvalue weighted by molar-refractivity contribution is 5.96. The second-order valence-corrected chi connectivity index (χ2v) is 6.22. The highest BCUT2D eigenvalue weighted by Crippen LogP contribution is 2.22. The maximum Gasteiger partial charge on any atom is 0.338 e. The minimum Gasteiger partial charge on any atom is -0.452 e. The van der Waals surface area contributed by atoms with Gasteiger partial charge in [-0.1, -0.05) is 24.3 Å². The number of non-ortho nitro benzene ring substituents is 1. The van der Waals surface area contributed by atoms with E-state index in [0.29, 0.717) is 11.4 Å². The molecule has 1 N–H and O–H groups in total. The summed E-state index contributed by atoms with van der Waals surface area (Å²) in [6.07, 6.45) is 0. The number of carbonyl (C=O) groups excluding carboxylic acids is 2. The number of nitrogens with zero attached hydrogens (tertiary/aromatic N) is 3. The van der Waals surface area contributed by atoms with Crippen molar-refractivity contribution >= 4 is 23.3 Å². The van der Waals surface area contributed by atoms with E-state index in [2.05, 4.69) is 10.4 Å². The molecule has 0 radical (unpaired) electrons. The molecule has 0 aliphatic carbocycles. The Hall–Kier alpha value is -4.01. The number of hydrogen-bond acceptors (Lipinski definition) is 6. The second kappa shape index (κ2) is 8.34. The van der Waals surface area contributed by atoms with Gasteiger partial charge in [-0.3, -0.25) is 14.9 Å². The summed E-state index contributed by atoms with van der Waals surface area (Å²) in [6.45, 7) is 3.05. The van der Waals surface area contributed by atoms with Gasteiger partial charge in [0.05, 0.1) is 33.2 Å². The molecular formula is C20H18N4O5. The van der Waals surface area contributed by atoms with E-state index >= 15 is 0 Å².